The number of benzene rings is 2. The van der Waals surface area contributed by atoms with Gasteiger partial charge >= 0.3 is 0 Å². The van der Waals surface area contributed by atoms with Gasteiger partial charge in [-0.05, 0) is 101 Å². The number of hydrogen-bond acceptors (Lipinski definition) is 7. The summed E-state index contributed by atoms with van der Waals surface area (Å²) in [5.41, 5.74) is 0.367. The molecule has 1 fully saturated rings. The molecule has 46 heavy (non-hydrogen) atoms. The molecule has 2 aromatic carbocycles. The Morgan fingerprint density at radius 1 is 1.02 bits per heavy atom. The second kappa shape index (κ2) is 16.9. The van der Waals surface area contributed by atoms with Crippen LogP contribution < -0.4 is 9.46 Å². The van der Waals surface area contributed by atoms with Gasteiger partial charge < -0.3 is 24.4 Å². The number of hydrogen-bond donors (Lipinski definition) is 2. The molecule has 0 bridgehead atoms. The molecule has 9 nitrogen and oxygen atoms in total. The number of aliphatic hydroxyl groups is 1. The van der Waals surface area contributed by atoms with Gasteiger partial charge in [-0.25, -0.2) is 12.8 Å². The minimum Gasteiger partial charge on any atom is -0.490 e. The van der Waals surface area contributed by atoms with Crippen molar-refractivity contribution in [1.82, 2.24) is 9.80 Å². The molecular formula is C35H52FN3O6S. The van der Waals surface area contributed by atoms with E-state index in [1.165, 1.54) is 50.3 Å². The number of nitrogens with one attached hydrogen (secondary N) is 1. The van der Waals surface area contributed by atoms with Crippen LogP contribution in [0.25, 0.3) is 0 Å². The summed E-state index contributed by atoms with van der Waals surface area (Å²) in [4.78, 5) is 18.2. The molecule has 256 valence electrons. The first kappa shape index (κ1) is 36.1. The third kappa shape index (κ3) is 10.1. The van der Waals surface area contributed by atoms with E-state index in [4.69, 9.17) is 9.47 Å². The van der Waals surface area contributed by atoms with Crippen LogP contribution in [0.2, 0.25) is 0 Å². The lowest BCUT2D eigenvalue weighted by molar-refractivity contribution is -0.0190. The molecule has 1 aliphatic heterocycles. The first-order chi connectivity index (χ1) is 22.0. The summed E-state index contributed by atoms with van der Waals surface area (Å²) >= 11 is 0. The molecule has 1 saturated carbocycles. The average Bonchev–Trinajstić information content (AvgIpc) is 3.03. The topological polar surface area (TPSA) is 108 Å². The molecule has 0 saturated heterocycles. The number of fused-ring (bicyclic) bond motifs is 1. The minimum atomic E-state index is -4.05. The number of carbonyl (C=O) groups is 1. The Morgan fingerprint density at radius 3 is 2.41 bits per heavy atom. The van der Waals surface area contributed by atoms with Crippen molar-refractivity contribution in [1.29, 1.82) is 0 Å². The van der Waals surface area contributed by atoms with Crippen LogP contribution in [0.4, 0.5) is 10.1 Å². The highest BCUT2D eigenvalue weighted by Crippen LogP contribution is 2.30. The van der Waals surface area contributed by atoms with Crippen molar-refractivity contribution >= 4 is 21.6 Å². The van der Waals surface area contributed by atoms with E-state index in [0.29, 0.717) is 24.8 Å². The Morgan fingerprint density at radius 2 is 1.72 bits per heavy atom. The molecule has 4 atom stereocenters. The van der Waals surface area contributed by atoms with Gasteiger partial charge in [0.2, 0.25) is 0 Å². The van der Waals surface area contributed by atoms with Crippen molar-refractivity contribution in [3.8, 4) is 5.75 Å². The third-order valence-corrected chi connectivity index (χ3v) is 10.6. The molecule has 1 heterocycles. The van der Waals surface area contributed by atoms with Crippen LogP contribution in [-0.4, -0.2) is 87.4 Å². The van der Waals surface area contributed by atoms with Crippen molar-refractivity contribution in [2.45, 2.75) is 95.3 Å². The van der Waals surface area contributed by atoms with Gasteiger partial charge in [-0.2, -0.15) is 0 Å². The fourth-order valence-electron chi connectivity index (χ4n) is 6.47. The van der Waals surface area contributed by atoms with Gasteiger partial charge in [-0.3, -0.25) is 9.52 Å². The van der Waals surface area contributed by atoms with Gasteiger partial charge in [0.25, 0.3) is 15.9 Å². The zero-order valence-electron chi connectivity index (χ0n) is 27.8. The van der Waals surface area contributed by atoms with E-state index in [2.05, 4.69) is 23.6 Å². The third-order valence-electron chi connectivity index (χ3n) is 9.21. The highest BCUT2D eigenvalue weighted by molar-refractivity contribution is 7.92. The Kier molecular flexibility index (Phi) is 13.3. The molecule has 4 rings (SSSR count). The largest absolute Gasteiger partial charge is 0.490 e. The molecule has 11 heteroatoms. The fourth-order valence-corrected chi connectivity index (χ4v) is 7.52. The van der Waals surface area contributed by atoms with Crippen molar-refractivity contribution in [2.75, 3.05) is 44.6 Å². The van der Waals surface area contributed by atoms with Gasteiger partial charge in [0.05, 0.1) is 35.3 Å². The van der Waals surface area contributed by atoms with Crippen LogP contribution in [0, 0.1) is 17.7 Å². The average molecular weight is 662 g/mol. The maximum absolute atomic E-state index is 14.3. The predicted octanol–water partition coefficient (Wildman–Crippen LogP) is 5.93. The number of sulfonamides is 1. The standard InChI is InChI=1S/C35H52FN3O6S/c1-25-21-39(26(2)24-40)35(41)32-20-30(37-46(42,43)31-16-13-29(36)14-17-31)15-18-33(32)45-27(3)10-8-9-19-44-34(25)23-38(4)22-28-11-6-5-7-12-28/h13-18,20,25-28,34,37,40H,5-12,19,21-24H2,1-4H3/t25-,26+,27-,34+/m1/s1. The number of likely N-dealkylation sites (N-methyl/N-ethyl adjacent to an activating group) is 1. The molecule has 0 radical (unpaired) electrons. The SMILES string of the molecule is C[C@@H]1CCCCO[C@@H](CN(C)CC2CCCCC2)[C@H](C)CN([C@@H](C)CO)C(=O)c2cc(NS(=O)(=O)c3ccc(F)cc3)ccc2O1. The summed E-state index contributed by atoms with van der Waals surface area (Å²) < 4.78 is 54.9. The summed E-state index contributed by atoms with van der Waals surface area (Å²) in [6.07, 6.45) is 8.68. The number of rotatable bonds is 9. The molecule has 0 unspecified atom stereocenters. The normalized spacial score (nSPS) is 23.3. The van der Waals surface area contributed by atoms with Crippen LogP contribution in [0.5, 0.6) is 5.75 Å². The van der Waals surface area contributed by atoms with Crippen LogP contribution in [-0.2, 0) is 14.8 Å². The van der Waals surface area contributed by atoms with Gasteiger partial charge in [0.1, 0.15) is 11.6 Å². The second-order valence-corrected chi connectivity index (χ2v) is 15.0. The number of aliphatic hydroxyl groups excluding tert-OH is 1. The zero-order valence-corrected chi connectivity index (χ0v) is 28.6. The monoisotopic (exact) mass is 661 g/mol. The smallest absolute Gasteiger partial charge is 0.261 e. The molecule has 2 aromatic rings. The number of nitrogens with zero attached hydrogens (tertiary/aromatic N) is 2. The lowest BCUT2D eigenvalue weighted by Crippen LogP contribution is -2.47. The molecule has 1 aliphatic carbocycles. The Hall–Kier alpha value is -2.73. The van der Waals surface area contributed by atoms with Gasteiger partial charge in [-0.1, -0.05) is 26.2 Å². The fraction of sp³-hybridized carbons (Fsp3) is 0.629. The molecular weight excluding hydrogens is 609 g/mol. The highest BCUT2D eigenvalue weighted by atomic mass is 32.2. The van der Waals surface area contributed by atoms with Crippen molar-refractivity contribution < 1.29 is 32.2 Å². The summed E-state index contributed by atoms with van der Waals surface area (Å²) in [6, 6.07) is 8.66. The van der Waals surface area contributed by atoms with E-state index in [9.17, 15) is 22.7 Å². The number of anilines is 1. The summed E-state index contributed by atoms with van der Waals surface area (Å²) in [5.74, 6) is 0.0933. The maximum Gasteiger partial charge on any atom is 0.261 e. The first-order valence-electron chi connectivity index (χ1n) is 16.8. The Bertz CT molecular complexity index is 1370. The predicted molar refractivity (Wildman–Crippen MR) is 178 cm³/mol. The first-order valence-corrected chi connectivity index (χ1v) is 18.3. The highest BCUT2D eigenvalue weighted by Gasteiger charge is 2.31. The van der Waals surface area contributed by atoms with E-state index >= 15 is 0 Å². The molecule has 2 N–H and O–H groups in total. The van der Waals surface area contributed by atoms with Crippen LogP contribution in [0.3, 0.4) is 0 Å². The van der Waals surface area contributed by atoms with Gasteiger partial charge in [0.15, 0.2) is 0 Å². The van der Waals surface area contributed by atoms with Crippen LogP contribution >= 0.6 is 0 Å². The van der Waals surface area contributed by atoms with E-state index in [0.717, 1.165) is 44.5 Å². The van der Waals surface area contributed by atoms with E-state index < -0.39 is 21.9 Å². The van der Waals surface area contributed by atoms with E-state index in [1.54, 1.807) is 24.0 Å². The number of amides is 1. The quantitative estimate of drug-likeness (QED) is 0.343. The van der Waals surface area contributed by atoms with Crippen LogP contribution in [0.15, 0.2) is 47.4 Å². The van der Waals surface area contributed by atoms with Gasteiger partial charge in [-0.15, -0.1) is 0 Å². The lowest BCUT2D eigenvalue weighted by atomic mass is 9.89. The molecule has 0 aromatic heterocycles. The van der Waals surface area contributed by atoms with Crippen LogP contribution in [0.1, 0.15) is 82.5 Å². The maximum atomic E-state index is 14.3. The second-order valence-electron chi connectivity index (χ2n) is 13.3. The number of ether oxygens (including phenoxy) is 2. The number of carbonyl (C=O) groups excluding carboxylic acids is 1. The van der Waals surface area contributed by atoms with Crippen molar-refractivity contribution in [2.24, 2.45) is 11.8 Å². The van der Waals surface area contributed by atoms with E-state index in [-0.39, 0.29) is 46.8 Å². The summed E-state index contributed by atoms with van der Waals surface area (Å²) in [7, 11) is -1.90. The molecule has 2 aliphatic rings. The Labute approximate surface area is 274 Å². The number of halogens is 1. The van der Waals surface area contributed by atoms with Crippen molar-refractivity contribution in [3.63, 3.8) is 0 Å². The Balaban J connectivity index is 1.62. The zero-order chi connectivity index (χ0) is 33.3. The summed E-state index contributed by atoms with van der Waals surface area (Å²) in [5, 5.41) is 10.2. The minimum absolute atomic E-state index is 0.0434. The van der Waals surface area contributed by atoms with Crippen molar-refractivity contribution in [3.05, 3.63) is 53.8 Å². The van der Waals surface area contributed by atoms with Gasteiger partial charge in [0, 0.05) is 37.8 Å². The molecule has 0 spiro atoms. The summed E-state index contributed by atoms with van der Waals surface area (Å²) in [6.45, 7) is 8.32. The van der Waals surface area contributed by atoms with E-state index in [1.807, 2.05) is 6.92 Å². The lowest BCUT2D eigenvalue weighted by Gasteiger charge is -2.36. The molecule has 1 amide bonds.